The van der Waals surface area contributed by atoms with E-state index in [1.807, 2.05) is 18.7 Å². The highest BCUT2D eigenvalue weighted by Gasteiger charge is 2.07. The monoisotopic (exact) mass is 229 g/mol. The van der Waals surface area contributed by atoms with Crippen molar-refractivity contribution in [3.8, 4) is 0 Å². The highest BCUT2D eigenvalue weighted by Crippen LogP contribution is 2.06. The van der Waals surface area contributed by atoms with Crippen LogP contribution in [-0.4, -0.2) is 33.6 Å². The molecule has 0 amide bonds. The van der Waals surface area contributed by atoms with E-state index in [9.17, 15) is 0 Å². The molecule has 3 nitrogen and oxygen atoms in total. The number of hydrogen-bond donors (Lipinski definition) is 0. The predicted octanol–water partition coefficient (Wildman–Crippen LogP) is 2.18. The molecule has 0 saturated carbocycles. The van der Waals surface area contributed by atoms with Crippen LogP contribution in [0.3, 0.4) is 0 Å². The SMILES string of the molecule is CCN(CCCCl)Cc1cc(C)nn1C. The van der Waals surface area contributed by atoms with E-state index in [-0.39, 0.29) is 0 Å². The molecule has 1 rings (SSSR count). The summed E-state index contributed by atoms with van der Waals surface area (Å²) in [6, 6.07) is 2.14. The van der Waals surface area contributed by atoms with Crippen LogP contribution in [0, 0.1) is 6.92 Å². The van der Waals surface area contributed by atoms with E-state index < -0.39 is 0 Å². The van der Waals surface area contributed by atoms with Gasteiger partial charge in [0, 0.05) is 19.5 Å². The third-order valence-corrected chi connectivity index (χ3v) is 2.81. The summed E-state index contributed by atoms with van der Waals surface area (Å²) >= 11 is 5.70. The van der Waals surface area contributed by atoms with Crippen molar-refractivity contribution < 1.29 is 0 Å². The van der Waals surface area contributed by atoms with Crippen LogP contribution in [0.5, 0.6) is 0 Å². The second-order valence-corrected chi connectivity index (χ2v) is 4.19. The van der Waals surface area contributed by atoms with Crippen molar-refractivity contribution in [2.75, 3.05) is 19.0 Å². The minimum absolute atomic E-state index is 0.737. The second-order valence-electron chi connectivity index (χ2n) is 3.81. The summed E-state index contributed by atoms with van der Waals surface area (Å²) in [6.45, 7) is 7.28. The quantitative estimate of drug-likeness (QED) is 0.698. The molecule has 1 heterocycles. The van der Waals surface area contributed by atoms with Crippen molar-refractivity contribution in [3.05, 3.63) is 17.5 Å². The number of aromatic nitrogens is 2. The average molecular weight is 230 g/mol. The normalized spacial score (nSPS) is 11.3. The Bertz CT molecular complexity index is 296. The Hall–Kier alpha value is -0.540. The fraction of sp³-hybridized carbons (Fsp3) is 0.727. The van der Waals surface area contributed by atoms with Gasteiger partial charge in [0.1, 0.15) is 0 Å². The molecule has 0 unspecified atom stereocenters. The van der Waals surface area contributed by atoms with E-state index in [1.54, 1.807) is 0 Å². The van der Waals surface area contributed by atoms with Gasteiger partial charge in [-0.25, -0.2) is 0 Å². The summed E-state index contributed by atoms with van der Waals surface area (Å²) in [5.74, 6) is 0.737. The van der Waals surface area contributed by atoms with E-state index in [0.29, 0.717) is 0 Å². The summed E-state index contributed by atoms with van der Waals surface area (Å²) < 4.78 is 1.96. The molecular weight excluding hydrogens is 210 g/mol. The van der Waals surface area contributed by atoms with Gasteiger partial charge in [0.05, 0.1) is 11.4 Å². The zero-order valence-corrected chi connectivity index (χ0v) is 10.6. The van der Waals surface area contributed by atoms with Crippen LogP contribution >= 0.6 is 11.6 Å². The number of alkyl halides is 1. The van der Waals surface area contributed by atoms with Crippen LogP contribution in [0.4, 0.5) is 0 Å². The molecule has 15 heavy (non-hydrogen) atoms. The Balaban J connectivity index is 2.54. The van der Waals surface area contributed by atoms with Crippen molar-refractivity contribution in [3.63, 3.8) is 0 Å². The van der Waals surface area contributed by atoms with Gasteiger partial charge in [0.2, 0.25) is 0 Å². The van der Waals surface area contributed by atoms with Crippen LogP contribution in [0.2, 0.25) is 0 Å². The molecule has 0 saturated heterocycles. The number of rotatable bonds is 6. The molecule has 1 aromatic rings. The van der Waals surface area contributed by atoms with Crippen LogP contribution in [0.1, 0.15) is 24.7 Å². The van der Waals surface area contributed by atoms with Crippen molar-refractivity contribution in [2.24, 2.45) is 7.05 Å². The fourth-order valence-corrected chi connectivity index (χ4v) is 1.79. The Morgan fingerprint density at radius 2 is 2.27 bits per heavy atom. The molecule has 0 atom stereocenters. The molecule has 1 aromatic heterocycles. The maximum Gasteiger partial charge on any atom is 0.0597 e. The Morgan fingerprint density at radius 3 is 2.73 bits per heavy atom. The minimum atomic E-state index is 0.737. The number of aryl methyl sites for hydroxylation is 2. The molecule has 0 aliphatic carbocycles. The molecule has 4 heteroatoms. The first-order valence-corrected chi connectivity index (χ1v) is 5.98. The van der Waals surface area contributed by atoms with Crippen LogP contribution < -0.4 is 0 Å². The maximum absolute atomic E-state index is 5.70. The van der Waals surface area contributed by atoms with E-state index in [4.69, 9.17) is 11.6 Å². The van der Waals surface area contributed by atoms with Gasteiger partial charge >= 0.3 is 0 Å². The zero-order chi connectivity index (χ0) is 11.3. The van der Waals surface area contributed by atoms with Gasteiger partial charge in [0.25, 0.3) is 0 Å². The predicted molar refractivity (Wildman–Crippen MR) is 64.2 cm³/mol. The highest BCUT2D eigenvalue weighted by atomic mass is 35.5. The summed E-state index contributed by atoms with van der Waals surface area (Å²) in [5.41, 5.74) is 2.35. The van der Waals surface area contributed by atoms with Crippen molar-refractivity contribution >= 4 is 11.6 Å². The molecule has 0 fully saturated rings. The highest BCUT2D eigenvalue weighted by molar-refractivity contribution is 6.17. The third kappa shape index (κ3) is 3.84. The first-order chi connectivity index (χ1) is 7.17. The zero-order valence-electron chi connectivity index (χ0n) is 9.83. The molecule has 0 radical (unpaired) electrons. The van der Waals surface area contributed by atoms with Gasteiger partial charge in [-0.05, 0) is 32.5 Å². The van der Waals surface area contributed by atoms with Crippen molar-refractivity contribution in [1.82, 2.24) is 14.7 Å². The molecule has 0 aliphatic heterocycles. The average Bonchev–Trinajstić information content (AvgIpc) is 2.52. The first kappa shape index (κ1) is 12.5. The summed E-state index contributed by atoms with van der Waals surface area (Å²) in [4.78, 5) is 2.39. The molecule has 0 aliphatic rings. The molecule has 0 bridgehead atoms. The molecule has 0 aromatic carbocycles. The second kappa shape index (κ2) is 6.13. The molecule has 0 spiro atoms. The van der Waals surface area contributed by atoms with E-state index in [2.05, 4.69) is 23.0 Å². The summed E-state index contributed by atoms with van der Waals surface area (Å²) in [5, 5.41) is 4.34. The van der Waals surface area contributed by atoms with E-state index in [1.165, 1.54) is 5.69 Å². The van der Waals surface area contributed by atoms with E-state index >= 15 is 0 Å². The lowest BCUT2D eigenvalue weighted by Gasteiger charge is -2.19. The number of nitrogens with zero attached hydrogens (tertiary/aromatic N) is 3. The van der Waals surface area contributed by atoms with Gasteiger partial charge in [-0.2, -0.15) is 5.10 Å². The molecule has 86 valence electrons. The largest absolute Gasteiger partial charge is 0.298 e. The van der Waals surface area contributed by atoms with Gasteiger partial charge < -0.3 is 0 Å². The van der Waals surface area contributed by atoms with Crippen LogP contribution in [0.15, 0.2) is 6.07 Å². The Labute approximate surface area is 97.0 Å². The van der Waals surface area contributed by atoms with Crippen LogP contribution in [-0.2, 0) is 13.6 Å². The fourth-order valence-electron chi connectivity index (χ4n) is 1.67. The lowest BCUT2D eigenvalue weighted by molar-refractivity contribution is 0.273. The smallest absolute Gasteiger partial charge is 0.0597 e. The number of hydrogen-bond acceptors (Lipinski definition) is 2. The molecular formula is C11H20ClN3. The number of halogens is 1. The van der Waals surface area contributed by atoms with E-state index in [0.717, 1.165) is 37.6 Å². The van der Waals surface area contributed by atoms with Gasteiger partial charge in [-0.3, -0.25) is 9.58 Å². The first-order valence-electron chi connectivity index (χ1n) is 5.45. The third-order valence-electron chi connectivity index (χ3n) is 2.54. The van der Waals surface area contributed by atoms with Crippen molar-refractivity contribution in [2.45, 2.75) is 26.8 Å². The lowest BCUT2D eigenvalue weighted by atomic mass is 10.3. The topological polar surface area (TPSA) is 21.1 Å². The van der Waals surface area contributed by atoms with Gasteiger partial charge in [-0.15, -0.1) is 11.6 Å². The van der Waals surface area contributed by atoms with Gasteiger partial charge in [0.15, 0.2) is 0 Å². The standard InChI is InChI=1S/C11H20ClN3/c1-4-15(7-5-6-12)9-11-8-10(2)13-14(11)3/h8H,4-7,9H2,1-3H3. The van der Waals surface area contributed by atoms with Crippen LogP contribution in [0.25, 0.3) is 0 Å². The summed E-state index contributed by atoms with van der Waals surface area (Å²) in [6.07, 6.45) is 1.05. The Kier molecular flexibility index (Phi) is 5.12. The summed E-state index contributed by atoms with van der Waals surface area (Å²) in [7, 11) is 2.00. The van der Waals surface area contributed by atoms with Gasteiger partial charge in [-0.1, -0.05) is 6.92 Å². The maximum atomic E-state index is 5.70. The molecule has 0 N–H and O–H groups in total. The lowest BCUT2D eigenvalue weighted by Crippen LogP contribution is -2.25. The Morgan fingerprint density at radius 1 is 1.53 bits per heavy atom. The minimum Gasteiger partial charge on any atom is -0.298 e. The van der Waals surface area contributed by atoms with Crippen molar-refractivity contribution in [1.29, 1.82) is 0 Å².